The number of halogens is 1. The molecule has 1 atom stereocenters. The van der Waals surface area contributed by atoms with Crippen molar-refractivity contribution in [2.24, 2.45) is 0 Å². The highest BCUT2D eigenvalue weighted by Crippen LogP contribution is 2.22. The summed E-state index contributed by atoms with van der Waals surface area (Å²) in [4.78, 5) is 28.6. The summed E-state index contributed by atoms with van der Waals surface area (Å²) in [6.45, 7) is 1.95. The normalized spacial score (nSPS) is 11.9. The summed E-state index contributed by atoms with van der Waals surface area (Å²) >= 11 is 1.63. The van der Waals surface area contributed by atoms with Crippen molar-refractivity contribution in [3.05, 3.63) is 64.9 Å². The minimum atomic E-state index is -0.849. The number of aryl methyl sites for hydroxylation is 1. The van der Waals surface area contributed by atoms with Crippen LogP contribution in [0, 0.1) is 5.82 Å². The fourth-order valence-corrected chi connectivity index (χ4v) is 3.85. The fraction of sp³-hybridized carbons (Fsp3) is 0.318. The summed E-state index contributed by atoms with van der Waals surface area (Å²) < 4.78 is 19.2. The molecule has 0 aliphatic carbocycles. The fourth-order valence-electron chi connectivity index (χ4n) is 2.85. The largest absolute Gasteiger partial charge is 0.453 e. The van der Waals surface area contributed by atoms with E-state index in [0.29, 0.717) is 25.8 Å². The predicted octanol–water partition coefficient (Wildman–Crippen LogP) is 4.05. The molecule has 0 spiro atoms. The maximum absolute atomic E-state index is 12.9. The van der Waals surface area contributed by atoms with Crippen LogP contribution in [0.25, 0.3) is 10.2 Å². The van der Waals surface area contributed by atoms with Crippen LogP contribution in [0.4, 0.5) is 4.39 Å². The highest BCUT2D eigenvalue weighted by molar-refractivity contribution is 7.18. The van der Waals surface area contributed by atoms with E-state index < -0.39 is 12.1 Å². The lowest BCUT2D eigenvalue weighted by molar-refractivity contribution is -0.154. The molecule has 29 heavy (non-hydrogen) atoms. The van der Waals surface area contributed by atoms with Crippen LogP contribution in [0.3, 0.4) is 0 Å². The number of rotatable bonds is 9. The zero-order valence-electron chi connectivity index (χ0n) is 16.2. The van der Waals surface area contributed by atoms with Gasteiger partial charge in [0.2, 0.25) is 0 Å². The lowest BCUT2D eigenvalue weighted by Crippen LogP contribution is -2.36. The van der Waals surface area contributed by atoms with Crippen LogP contribution in [-0.4, -0.2) is 29.5 Å². The Labute approximate surface area is 172 Å². The van der Waals surface area contributed by atoms with Gasteiger partial charge >= 0.3 is 5.97 Å². The number of ether oxygens (including phenoxy) is 1. The molecule has 0 aliphatic heterocycles. The van der Waals surface area contributed by atoms with Gasteiger partial charge in [0, 0.05) is 13.0 Å². The lowest BCUT2D eigenvalue weighted by Gasteiger charge is -2.13. The molecule has 0 radical (unpaired) electrons. The predicted molar refractivity (Wildman–Crippen MR) is 111 cm³/mol. The molecule has 1 heterocycles. The van der Waals surface area contributed by atoms with Crippen molar-refractivity contribution >= 4 is 33.4 Å². The minimum absolute atomic E-state index is 0.239. The van der Waals surface area contributed by atoms with Crippen molar-refractivity contribution in [2.75, 3.05) is 6.54 Å². The number of nitrogens with zero attached hydrogens (tertiary/aromatic N) is 1. The number of benzene rings is 2. The Bertz CT molecular complexity index is 939. The van der Waals surface area contributed by atoms with Crippen LogP contribution in [0.15, 0.2) is 48.5 Å². The minimum Gasteiger partial charge on any atom is -0.453 e. The van der Waals surface area contributed by atoms with Crippen LogP contribution in [-0.2, 0) is 27.2 Å². The van der Waals surface area contributed by atoms with E-state index in [0.717, 1.165) is 20.8 Å². The zero-order valence-corrected chi connectivity index (χ0v) is 17.0. The zero-order chi connectivity index (χ0) is 20.6. The maximum atomic E-state index is 12.9. The van der Waals surface area contributed by atoms with Crippen LogP contribution in [0.2, 0.25) is 0 Å². The number of thiazole rings is 1. The quantitative estimate of drug-likeness (QED) is 0.537. The van der Waals surface area contributed by atoms with Gasteiger partial charge in [-0.15, -0.1) is 11.3 Å². The number of amides is 1. The van der Waals surface area contributed by atoms with E-state index in [9.17, 15) is 14.0 Å². The Morgan fingerprint density at radius 3 is 2.66 bits per heavy atom. The first-order valence-corrected chi connectivity index (χ1v) is 10.4. The van der Waals surface area contributed by atoms with Gasteiger partial charge in [0.1, 0.15) is 5.82 Å². The van der Waals surface area contributed by atoms with Crippen molar-refractivity contribution in [1.82, 2.24) is 10.3 Å². The van der Waals surface area contributed by atoms with Crippen LogP contribution in [0.1, 0.15) is 30.3 Å². The molecule has 152 valence electrons. The van der Waals surface area contributed by atoms with Crippen molar-refractivity contribution in [1.29, 1.82) is 0 Å². The topological polar surface area (TPSA) is 68.3 Å². The first-order chi connectivity index (χ1) is 14.0. The number of aromatic nitrogens is 1. The number of fused-ring (bicyclic) bond motifs is 1. The van der Waals surface area contributed by atoms with Gasteiger partial charge < -0.3 is 10.1 Å². The second-order valence-corrected chi connectivity index (χ2v) is 7.84. The Balaban J connectivity index is 1.34. The molecular formula is C22H23FN2O3S. The first kappa shape index (κ1) is 20.9. The molecule has 0 bridgehead atoms. The number of carbonyl (C=O) groups excluding carboxylic acids is 2. The summed E-state index contributed by atoms with van der Waals surface area (Å²) in [6, 6.07) is 14.1. The van der Waals surface area contributed by atoms with Gasteiger partial charge in [-0.1, -0.05) is 24.3 Å². The second-order valence-electron chi connectivity index (χ2n) is 6.73. The van der Waals surface area contributed by atoms with Crippen molar-refractivity contribution in [3.63, 3.8) is 0 Å². The molecule has 0 saturated heterocycles. The van der Waals surface area contributed by atoms with Crippen molar-refractivity contribution < 1.29 is 18.7 Å². The number of para-hydroxylation sites is 1. The lowest BCUT2D eigenvalue weighted by atomic mass is 10.1. The summed E-state index contributed by atoms with van der Waals surface area (Å²) in [5, 5.41) is 3.72. The van der Waals surface area contributed by atoms with Gasteiger partial charge in [0.25, 0.3) is 5.91 Å². The molecular weight excluding hydrogens is 391 g/mol. The molecule has 0 unspecified atom stereocenters. The van der Waals surface area contributed by atoms with Gasteiger partial charge in [-0.2, -0.15) is 0 Å². The van der Waals surface area contributed by atoms with E-state index >= 15 is 0 Å². The molecule has 0 saturated carbocycles. The van der Waals surface area contributed by atoms with Crippen LogP contribution in [0.5, 0.6) is 0 Å². The standard InChI is InChI=1S/C22H23FN2O3S/c1-15(22(27)24-14-13-16-9-11-17(23)12-10-16)28-21(26)8-4-7-20-25-18-5-2-3-6-19(18)29-20/h2-3,5-6,9-12,15H,4,7-8,13-14H2,1H3,(H,24,27)/t15-/m1/s1. The Morgan fingerprint density at radius 1 is 1.14 bits per heavy atom. The average Bonchev–Trinajstić information content (AvgIpc) is 3.12. The van der Waals surface area contributed by atoms with E-state index in [-0.39, 0.29) is 18.1 Å². The van der Waals surface area contributed by atoms with Gasteiger partial charge in [0.15, 0.2) is 6.10 Å². The number of esters is 1. The average molecular weight is 415 g/mol. The third-order valence-corrected chi connectivity index (χ3v) is 5.51. The Hall–Kier alpha value is -2.80. The molecule has 1 N–H and O–H groups in total. The first-order valence-electron chi connectivity index (χ1n) is 9.57. The van der Waals surface area contributed by atoms with Crippen LogP contribution < -0.4 is 5.32 Å². The summed E-state index contributed by atoms with van der Waals surface area (Å²) in [6.07, 6.45) is 1.29. The van der Waals surface area contributed by atoms with Gasteiger partial charge in [-0.3, -0.25) is 9.59 Å². The summed E-state index contributed by atoms with van der Waals surface area (Å²) in [5.41, 5.74) is 1.90. The van der Waals surface area contributed by atoms with E-state index in [2.05, 4.69) is 10.3 Å². The molecule has 2 aromatic carbocycles. The summed E-state index contributed by atoms with van der Waals surface area (Å²) in [5.74, 6) is -1.03. The molecule has 5 nitrogen and oxygen atoms in total. The van der Waals surface area contributed by atoms with Crippen molar-refractivity contribution in [2.45, 2.75) is 38.7 Å². The Morgan fingerprint density at radius 2 is 1.90 bits per heavy atom. The number of nitrogens with one attached hydrogen (secondary N) is 1. The van der Waals surface area contributed by atoms with Gasteiger partial charge in [0.05, 0.1) is 15.2 Å². The maximum Gasteiger partial charge on any atom is 0.306 e. The SMILES string of the molecule is C[C@@H](OC(=O)CCCc1nc2ccccc2s1)C(=O)NCCc1ccc(F)cc1. The second kappa shape index (κ2) is 10.1. The molecule has 1 aromatic heterocycles. The molecule has 1 amide bonds. The van der Waals surface area contributed by atoms with Crippen molar-refractivity contribution in [3.8, 4) is 0 Å². The van der Waals surface area contributed by atoms with Crippen LogP contribution >= 0.6 is 11.3 Å². The number of hydrogen-bond acceptors (Lipinski definition) is 5. The van der Waals surface area contributed by atoms with Gasteiger partial charge in [-0.25, -0.2) is 9.37 Å². The highest BCUT2D eigenvalue weighted by Gasteiger charge is 2.17. The molecule has 7 heteroatoms. The molecule has 0 fully saturated rings. The number of carbonyl (C=O) groups is 2. The highest BCUT2D eigenvalue weighted by atomic mass is 32.1. The molecule has 3 aromatic rings. The summed E-state index contributed by atoms with van der Waals surface area (Å²) in [7, 11) is 0. The van der Waals surface area contributed by atoms with Gasteiger partial charge in [-0.05, 0) is 56.0 Å². The Kier molecular flexibility index (Phi) is 7.30. The van der Waals surface area contributed by atoms with E-state index in [4.69, 9.17) is 4.74 Å². The monoisotopic (exact) mass is 414 g/mol. The number of hydrogen-bond donors (Lipinski definition) is 1. The smallest absolute Gasteiger partial charge is 0.306 e. The van der Waals surface area contributed by atoms with E-state index in [1.807, 2.05) is 24.3 Å². The third kappa shape index (κ3) is 6.35. The third-order valence-electron chi connectivity index (χ3n) is 4.41. The molecule has 3 rings (SSSR count). The molecule has 0 aliphatic rings. The van der Waals surface area contributed by atoms with E-state index in [1.165, 1.54) is 12.1 Å². The van der Waals surface area contributed by atoms with E-state index in [1.54, 1.807) is 30.4 Å².